The molecule has 5 nitrogen and oxygen atoms in total. The van der Waals surface area contributed by atoms with Gasteiger partial charge in [0, 0.05) is 11.9 Å². The van der Waals surface area contributed by atoms with Crippen LogP contribution < -0.4 is 5.32 Å². The van der Waals surface area contributed by atoms with Crippen LogP contribution >= 0.6 is 11.3 Å². The summed E-state index contributed by atoms with van der Waals surface area (Å²) in [4.78, 5) is 21.5. The maximum absolute atomic E-state index is 13.7. The maximum atomic E-state index is 13.7. The highest BCUT2D eigenvalue weighted by atomic mass is 32.1. The van der Waals surface area contributed by atoms with E-state index in [4.69, 9.17) is 0 Å². The second-order valence-electron chi connectivity index (χ2n) is 6.24. The van der Waals surface area contributed by atoms with E-state index in [0.717, 1.165) is 22.3 Å². The summed E-state index contributed by atoms with van der Waals surface area (Å²) >= 11 is 1.48. The number of hydrogen-bond acceptors (Lipinski definition) is 4. The Bertz CT molecular complexity index is 1100. The summed E-state index contributed by atoms with van der Waals surface area (Å²) in [5.74, 6) is 0.220. The number of carbonyl (C=O) groups excluding carboxylic acids is 1. The van der Waals surface area contributed by atoms with Crippen LogP contribution in [-0.4, -0.2) is 20.4 Å². The second-order valence-corrected chi connectivity index (χ2v) is 6.96. The van der Waals surface area contributed by atoms with Crippen molar-refractivity contribution in [2.45, 2.75) is 20.0 Å². The summed E-state index contributed by atoms with van der Waals surface area (Å²) in [5.41, 5.74) is 5.48. The highest BCUT2D eigenvalue weighted by molar-refractivity contribution is 7.07. The molecule has 0 spiro atoms. The third-order valence-electron chi connectivity index (χ3n) is 4.34. The number of hydrogen-bond donors (Lipinski definition) is 1. The molecule has 1 N–H and O–H groups in total. The molecule has 0 unspecified atom stereocenters. The van der Waals surface area contributed by atoms with E-state index in [-0.39, 0.29) is 24.8 Å². The van der Waals surface area contributed by atoms with Gasteiger partial charge in [-0.05, 0) is 36.2 Å². The fourth-order valence-electron chi connectivity index (χ4n) is 2.90. The molecule has 0 aliphatic carbocycles. The van der Waals surface area contributed by atoms with Crippen LogP contribution in [0.15, 0.2) is 53.4 Å². The smallest absolute Gasteiger partial charge is 0.240 e. The van der Waals surface area contributed by atoms with Crippen LogP contribution in [0.4, 0.5) is 4.39 Å². The van der Waals surface area contributed by atoms with Gasteiger partial charge < -0.3 is 9.88 Å². The highest BCUT2D eigenvalue weighted by Crippen LogP contribution is 2.24. The number of nitrogens with one attached hydrogen (secondary N) is 1. The average Bonchev–Trinajstić information content (AvgIpc) is 3.31. The minimum absolute atomic E-state index is 0.113. The number of thiazole rings is 1. The van der Waals surface area contributed by atoms with Gasteiger partial charge in [0.05, 0.1) is 16.5 Å². The number of imidazole rings is 1. The molecule has 0 aliphatic rings. The molecule has 0 saturated heterocycles. The first-order chi connectivity index (χ1) is 13.1. The molecule has 0 atom stereocenters. The van der Waals surface area contributed by atoms with Crippen molar-refractivity contribution < 1.29 is 9.18 Å². The van der Waals surface area contributed by atoms with Crippen molar-refractivity contribution in [3.05, 3.63) is 70.3 Å². The van der Waals surface area contributed by atoms with E-state index in [0.29, 0.717) is 11.4 Å². The fourth-order valence-corrected chi connectivity index (χ4v) is 3.43. The number of aryl methyl sites for hydroxylation is 1. The van der Waals surface area contributed by atoms with Gasteiger partial charge in [0.2, 0.25) is 5.91 Å². The second kappa shape index (κ2) is 7.28. The zero-order valence-corrected chi connectivity index (χ0v) is 15.5. The molecule has 7 heteroatoms. The molecular weight excluding hydrogens is 363 g/mol. The van der Waals surface area contributed by atoms with Crippen LogP contribution in [0.3, 0.4) is 0 Å². The first kappa shape index (κ1) is 17.4. The largest absolute Gasteiger partial charge is 0.350 e. The number of fused-ring (bicyclic) bond motifs is 1. The third-order valence-corrected chi connectivity index (χ3v) is 4.93. The van der Waals surface area contributed by atoms with E-state index in [1.165, 1.54) is 17.4 Å². The minimum Gasteiger partial charge on any atom is -0.350 e. The molecule has 2 aromatic carbocycles. The van der Waals surface area contributed by atoms with Crippen LogP contribution in [0.25, 0.3) is 22.6 Å². The summed E-state index contributed by atoms with van der Waals surface area (Å²) in [7, 11) is 0. The molecule has 136 valence electrons. The Hall–Kier alpha value is -3.06. The van der Waals surface area contributed by atoms with Crippen molar-refractivity contribution in [2.24, 2.45) is 0 Å². The zero-order chi connectivity index (χ0) is 18.8. The number of carbonyl (C=O) groups is 1. The lowest BCUT2D eigenvalue weighted by Gasteiger charge is -2.10. The molecular formula is C20H17FN4OS. The number of aromatic nitrogens is 3. The van der Waals surface area contributed by atoms with E-state index in [1.54, 1.807) is 18.5 Å². The Labute approximate surface area is 159 Å². The standard InChI is InChI=1S/C20H17FN4OS/c1-13-6-7-14(8-15(13)21)9-22-19(26)10-25-18-5-3-2-4-16(18)24-20(25)17-11-27-12-23-17/h2-8,11-12H,9-10H2,1H3,(H,22,26). The van der Waals surface area contributed by atoms with Crippen LogP contribution in [0.2, 0.25) is 0 Å². The quantitative estimate of drug-likeness (QED) is 0.571. The van der Waals surface area contributed by atoms with Crippen molar-refractivity contribution in [2.75, 3.05) is 0 Å². The summed E-state index contributed by atoms with van der Waals surface area (Å²) in [6.07, 6.45) is 0. The van der Waals surface area contributed by atoms with Crippen LogP contribution in [0, 0.1) is 12.7 Å². The molecule has 2 heterocycles. The van der Waals surface area contributed by atoms with Crippen molar-refractivity contribution in [1.82, 2.24) is 19.9 Å². The fraction of sp³-hybridized carbons (Fsp3) is 0.150. The van der Waals surface area contributed by atoms with Crippen LogP contribution in [0.1, 0.15) is 11.1 Å². The van der Waals surface area contributed by atoms with E-state index < -0.39 is 0 Å². The number of benzene rings is 2. The van der Waals surface area contributed by atoms with Gasteiger partial charge in [-0.15, -0.1) is 11.3 Å². The molecule has 0 fully saturated rings. The molecule has 0 aliphatic heterocycles. The molecule has 4 rings (SSSR count). The number of halogens is 1. The predicted octanol–water partition coefficient (Wildman–Crippen LogP) is 3.92. The predicted molar refractivity (Wildman–Crippen MR) is 104 cm³/mol. The van der Waals surface area contributed by atoms with Crippen molar-refractivity contribution in [3.63, 3.8) is 0 Å². The van der Waals surface area contributed by atoms with E-state index in [2.05, 4.69) is 15.3 Å². The van der Waals surface area contributed by atoms with Crippen LogP contribution in [-0.2, 0) is 17.9 Å². The monoisotopic (exact) mass is 380 g/mol. The lowest BCUT2D eigenvalue weighted by atomic mass is 10.1. The Morgan fingerprint density at radius 2 is 2.11 bits per heavy atom. The topological polar surface area (TPSA) is 59.8 Å². The number of amides is 1. The molecule has 27 heavy (non-hydrogen) atoms. The van der Waals surface area contributed by atoms with Crippen molar-refractivity contribution in [1.29, 1.82) is 0 Å². The molecule has 1 amide bonds. The molecule has 2 aromatic heterocycles. The van der Waals surface area contributed by atoms with Gasteiger partial charge in [0.15, 0.2) is 5.82 Å². The zero-order valence-electron chi connectivity index (χ0n) is 14.6. The van der Waals surface area contributed by atoms with E-state index in [1.807, 2.05) is 40.3 Å². The van der Waals surface area contributed by atoms with Gasteiger partial charge >= 0.3 is 0 Å². The van der Waals surface area contributed by atoms with Gasteiger partial charge in [-0.25, -0.2) is 14.4 Å². The first-order valence-corrected chi connectivity index (χ1v) is 9.41. The van der Waals surface area contributed by atoms with Gasteiger partial charge in [0.25, 0.3) is 0 Å². The van der Waals surface area contributed by atoms with Gasteiger partial charge in [-0.2, -0.15) is 0 Å². The molecule has 0 saturated carbocycles. The van der Waals surface area contributed by atoms with Gasteiger partial charge in [-0.1, -0.05) is 24.3 Å². The number of rotatable bonds is 5. The summed E-state index contributed by atoms with van der Waals surface area (Å²) in [5, 5.41) is 4.76. The van der Waals surface area contributed by atoms with E-state index in [9.17, 15) is 9.18 Å². The van der Waals surface area contributed by atoms with Crippen molar-refractivity contribution in [3.8, 4) is 11.5 Å². The van der Waals surface area contributed by atoms with E-state index >= 15 is 0 Å². The first-order valence-electron chi connectivity index (χ1n) is 8.47. The summed E-state index contributed by atoms with van der Waals surface area (Å²) in [6, 6.07) is 12.6. The Morgan fingerprint density at radius 3 is 2.89 bits per heavy atom. The maximum Gasteiger partial charge on any atom is 0.240 e. The SMILES string of the molecule is Cc1ccc(CNC(=O)Cn2c(-c3cscn3)nc3ccccc32)cc1F. The van der Waals surface area contributed by atoms with Gasteiger partial charge in [0.1, 0.15) is 18.1 Å². The van der Waals surface area contributed by atoms with Gasteiger partial charge in [-0.3, -0.25) is 4.79 Å². The summed E-state index contributed by atoms with van der Waals surface area (Å²) in [6.45, 7) is 2.10. The molecule has 0 radical (unpaired) electrons. The molecule has 0 bridgehead atoms. The average molecular weight is 380 g/mol. The lowest BCUT2D eigenvalue weighted by Crippen LogP contribution is -2.27. The number of para-hydroxylation sites is 2. The Morgan fingerprint density at radius 1 is 1.26 bits per heavy atom. The lowest BCUT2D eigenvalue weighted by molar-refractivity contribution is -0.121. The Balaban J connectivity index is 1.56. The van der Waals surface area contributed by atoms with Crippen LogP contribution in [0.5, 0.6) is 0 Å². The summed E-state index contributed by atoms with van der Waals surface area (Å²) < 4.78 is 15.5. The Kier molecular flexibility index (Phi) is 4.68. The minimum atomic E-state index is -0.270. The third kappa shape index (κ3) is 3.59. The highest BCUT2D eigenvalue weighted by Gasteiger charge is 2.16. The normalized spacial score (nSPS) is 11.0. The molecule has 4 aromatic rings. The number of nitrogens with zero attached hydrogens (tertiary/aromatic N) is 3. The van der Waals surface area contributed by atoms with Crippen molar-refractivity contribution >= 4 is 28.3 Å².